The lowest BCUT2D eigenvalue weighted by Gasteiger charge is -2.32. The Morgan fingerprint density at radius 3 is 2.20 bits per heavy atom. The summed E-state index contributed by atoms with van der Waals surface area (Å²) in [4.78, 5) is 4.33. The average Bonchev–Trinajstić information content (AvgIpc) is 2.00. The summed E-state index contributed by atoms with van der Waals surface area (Å²) in [7, 11) is 0. The number of rotatable bonds is 3. The van der Waals surface area contributed by atoms with E-state index in [2.05, 4.69) is 44.8 Å². The zero-order valence-corrected chi connectivity index (χ0v) is 10.5. The predicted molar refractivity (Wildman–Crippen MR) is 64.9 cm³/mol. The number of hydrogen-bond acceptors (Lipinski definition) is 2. The first-order chi connectivity index (χ1) is 6.71. The summed E-state index contributed by atoms with van der Waals surface area (Å²) < 4.78 is 0. The van der Waals surface area contributed by atoms with Crippen molar-refractivity contribution in [2.45, 2.75) is 52.0 Å². The van der Waals surface area contributed by atoms with Gasteiger partial charge in [-0.3, -0.25) is 4.98 Å². The highest BCUT2D eigenvalue weighted by atomic mass is 14.7. The summed E-state index contributed by atoms with van der Waals surface area (Å²) in [6, 6.07) is 4.20. The van der Waals surface area contributed by atoms with Crippen LogP contribution < -0.4 is 5.73 Å². The summed E-state index contributed by atoms with van der Waals surface area (Å²) in [6.07, 6.45) is 2.91. The molecule has 0 unspecified atom stereocenters. The first-order valence-corrected chi connectivity index (χ1v) is 5.43. The van der Waals surface area contributed by atoms with Gasteiger partial charge in [-0.2, -0.15) is 0 Å². The van der Waals surface area contributed by atoms with Gasteiger partial charge in [0.05, 0.1) is 0 Å². The highest BCUT2D eigenvalue weighted by Crippen LogP contribution is 2.30. The topological polar surface area (TPSA) is 38.9 Å². The Morgan fingerprint density at radius 1 is 1.20 bits per heavy atom. The first-order valence-electron chi connectivity index (χ1n) is 5.43. The van der Waals surface area contributed by atoms with Crippen LogP contribution in [0.25, 0.3) is 0 Å². The maximum absolute atomic E-state index is 6.07. The van der Waals surface area contributed by atoms with Crippen molar-refractivity contribution in [1.82, 2.24) is 4.98 Å². The zero-order chi connectivity index (χ0) is 11.7. The van der Waals surface area contributed by atoms with Gasteiger partial charge < -0.3 is 5.73 Å². The van der Waals surface area contributed by atoms with Gasteiger partial charge in [0.2, 0.25) is 0 Å². The van der Waals surface area contributed by atoms with E-state index < -0.39 is 0 Å². The average molecular weight is 206 g/mol. The summed E-state index contributed by atoms with van der Waals surface area (Å²) >= 11 is 0. The summed E-state index contributed by atoms with van der Waals surface area (Å²) in [6.45, 7) is 10.6. The maximum atomic E-state index is 6.07. The molecule has 2 N–H and O–H groups in total. The molecule has 0 amide bonds. The Hall–Kier alpha value is -0.890. The van der Waals surface area contributed by atoms with Crippen molar-refractivity contribution in [2.75, 3.05) is 0 Å². The molecule has 0 aliphatic rings. The van der Waals surface area contributed by atoms with Gasteiger partial charge in [0.15, 0.2) is 0 Å². The SMILES string of the molecule is Cc1ccc(C(C)(C)CC(C)(C)N)cn1. The van der Waals surface area contributed by atoms with Crippen LogP contribution >= 0.6 is 0 Å². The Labute approximate surface area is 92.9 Å². The minimum Gasteiger partial charge on any atom is -0.326 e. The van der Waals surface area contributed by atoms with Crippen molar-refractivity contribution in [3.8, 4) is 0 Å². The molecule has 84 valence electrons. The highest BCUT2D eigenvalue weighted by Gasteiger charge is 2.27. The number of aryl methyl sites for hydroxylation is 1. The van der Waals surface area contributed by atoms with Crippen molar-refractivity contribution in [1.29, 1.82) is 0 Å². The van der Waals surface area contributed by atoms with Crippen LogP contribution in [0, 0.1) is 6.92 Å². The fourth-order valence-corrected chi connectivity index (χ4v) is 2.11. The van der Waals surface area contributed by atoms with E-state index in [0.717, 1.165) is 12.1 Å². The van der Waals surface area contributed by atoms with Crippen LogP contribution in [0.1, 0.15) is 45.4 Å². The molecule has 1 aromatic heterocycles. The molecular weight excluding hydrogens is 184 g/mol. The number of aromatic nitrogens is 1. The van der Waals surface area contributed by atoms with Crippen LogP contribution in [0.5, 0.6) is 0 Å². The molecule has 15 heavy (non-hydrogen) atoms. The lowest BCUT2D eigenvalue weighted by Crippen LogP contribution is -2.39. The highest BCUT2D eigenvalue weighted by molar-refractivity contribution is 5.22. The van der Waals surface area contributed by atoms with E-state index in [9.17, 15) is 0 Å². The zero-order valence-electron chi connectivity index (χ0n) is 10.5. The van der Waals surface area contributed by atoms with Crippen molar-refractivity contribution in [3.63, 3.8) is 0 Å². The van der Waals surface area contributed by atoms with Gasteiger partial charge in [0, 0.05) is 17.4 Å². The van der Waals surface area contributed by atoms with Crippen molar-refractivity contribution < 1.29 is 0 Å². The minimum absolute atomic E-state index is 0.0823. The summed E-state index contributed by atoms with van der Waals surface area (Å²) in [5.74, 6) is 0. The van der Waals surface area contributed by atoms with Crippen LogP contribution in [-0.4, -0.2) is 10.5 Å². The smallest absolute Gasteiger partial charge is 0.0372 e. The lowest BCUT2D eigenvalue weighted by atomic mass is 9.76. The molecular formula is C13H22N2. The van der Waals surface area contributed by atoms with E-state index in [-0.39, 0.29) is 11.0 Å². The number of pyridine rings is 1. The molecule has 0 atom stereocenters. The number of hydrogen-bond donors (Lipinski definition) is 1. The fourth-order valence-electron chi connectivity index (χ4n) is 2.11. The van der Waals surface area contributed by atoms with Crippen molar-refractivity contribution in [3.05, 3.63) is 29.6 Å². The molecule has 0 saturated heterocycles. The molecule has 0 fully saturated rings. The van der Waals surface area contributed by atoms with E-state index in [1.165, 1.54) is 5.56 Å². The third-order valence-electron chi connectivity index (χ3n) is 2.59. The van der Waals surface area contributed by atoms with E-state index >= 15 is 0 Å². The van der Waals surface area contributed by atoms with Gasteiger partial charge in [-0.25, -0.2) is 0 Å². The lowest BCUT2D eigenvalue weighted by molar-refractivity contribution is 0.350. The van der Waals surface area contributed by atoms with Gasteiger partial charge in [-0.1, -0.05) is 19.9 Å². The summed E-state index contributed by atoms with van der Waals surface area (Å²) in [5, 5.41) is 0. The van der Waals surface area contributed by atoms with Crippen LogP contribution in [-0.2, 0) is 5.41 Å². The van der Waals surface area contributed by atoms with Crippen LogP contribution in [0.4, 0.5) is 0 Å². The Morgan fingerprint density at radius 2 is 1.80 bits per heavy atom. The maximum Gasteiger partial charge on any atom is 0.0372 e. The molecule has 1 rings (SSSR count). The quantitative estimate of drug-likeness (QED) is 0.826. The molecule has 0 radical (unpaired) electrons. The largest absolute Gasteiger partial charge is 0.326 e. The van der Waals surface area contributed by atoms with E-state index in [0.29, 0.717) is 0 Å². The molecule has 1 heterocycles. The van der Waals surface area contributed by atoms with Crippen LogP contribution in [0.3, 0.4) is 0 Å². The normalized spacial score (nSPS) is 12.9. The van der Waals surface area contributed by atoms with Gasteiger partial charge in [-0.05, 0) is 44.2 Å². The summed E-state index contributed by atoms with van der Waals surface area (Å²) in [5.41, 5.74) is 8.32. The third kappa shape index (κ3) is 3.63. The number of nitrogens with zero attached hydrogens (tertiary/aromatic N) is 1. The van der Waals surface area contributed by atoms with Gasteiger partial charge in [0.1, 0.15) is 0 Å². The predicted octanol–water partition coefficient (Wildman–Crippen LogP) is 2.80. The second-order valence-electron chi connectivity index (χ2n) is 5.74. The molecule has 0 saturated carbocycles. The molecule has 2 nitrogen and oxygen atoms in total. The Kier molecular flexibility index (Phi) is 3.19. The van der Waals surface area contributed by atoms with E-state index in [4.69, 9.17) is 5.73 Å². The van der Waals surface area contributed by atoms with Gasteiger partial charge in [-0.15, -0.1) is 0 Å². The minimum atomic E-state index is -0.144. The molecule has 0 spiro atoms. The molecule has 0 aliphatic carbocycles. The second-order valence-corrected chi connectivity index (χ2v) is 5.74. The second kappa shape index (κ2) is 3.93. The standard InChI is InChI=1S/C13H22N2/c1-10-6-7-11(8-15-10)12(2,3)9-13(4,5)14/h6-8H,9,14H2,1-5H3. The molecule has 0 aromatic carbocycles. The number of nitrogens with two attached hydrogens (primary N) is 1. The molecule has 0 aliphatic heterocycles. The third-order valence-corrected chi connectivity index (χ3v) is 2.59. The van der Waals surface area contributed by atoms with Crippen molar-refractivity contribution >= 4 is 0 Å². The van der Waals surface area contributed by atoms with Crippen molar-refractivity contribution in [2.24, 2.45) is 5.73 Å². The van der Waals surface area contributed by atoms with E-state index in [1.807, 2.05) is 13.1 Å². The molecule has 2 heteroatoms. The molecule has 0 bridgehead atoms. The fraction of sp³-hybridized carbons (Fsp3) is 0.615. The molecule has 1 aromatic rings. The van der Waals surface area contributed by atoms with E-state index in [1.54, 1.807) is 0 Å². The van der Waals surface area contributed by atoms with Crippen LogP contribution in [0.2, 0.25) is 0 Å². The Balaban J connectivity index is 2.90. The monoisotopic (exact) mass is 206 g/mol. The van der Waals surface area contributed by atoms with Gasteiger partial charge in [0.25, 0.3) is 0 Å². The first kappa shape index (κ1) is 12.2. The Bertz CT molecular complexity index is 317. The van der Waals surface area contributed by atoms with Crippen LogP contribution in [0.15, 0.2) is 18.3 Å². The van der Waals surface area contributed by atoms with Gasteiger partial charge >= 0.3 is 0 Å².